The highest BCUT2D eigenvalue weighted by molar-refractivity contribution is 6.09. The molecule has 0 bridgehead atoms. The summed E-state index contributed by atoms with van der Waals surface area (Å²) < 4.78 is 5.36. The largest absolute Gasteiger partial charge is 0.503 e. The molecule has 1 amide bonds. The van der Waals surface area contributed by atoms with Crippen molar-refractivity contribution in [1.82, 2.24) is 0 Å². The van der Waals surface area contributed by atoms with Gasteiger partial charge >= 0.3 is 5.97 Å². The van der Waals surface area contributed by atoms with Crippen molar-refractivity contribution in [3.63, 3.8) is 0 Å². The number of carboxylic acids is 1. The first-order valence-electron chi connectivity index (χ1n) is 10.4. The number of carbonyl (C=O) groups is 2. The van der Waals surface area contributed by atoms with Crippen LogP contribution in [-0.2, 0) is 4.79 Å². The maximum absolute atomic E-state index is 13.2. The minimum Gasteiger partial charge on any atom is -0.503 e. The number of aromatic carboxylic acids is 1. The second-order valence-corrected chi connectivity index (χ2v) is 7.60. The zero-order chi connectivity index (χ0) is 23.4. The topological polar surface area (TPSA) is 87.1 Å². The maximum atomic E-state index is 13.2. The number of ether oxygens (including phenoxy) is 1. The van der Waals surface area contributed by atoms with Crippen LogP contribution in [0.4, 0.5) is 5.69 Å². The molecule has 4 rings (SSSR count). The minimum atomic E-state index is -1.09. The Labute approximate surface area is 191 Å². The number of aliphatic hydroxyl groups excluding tert-OH is 1. The second-order valence-electron chi connectivity index (χ2n) is 7.60. The fraction of sp³-hybridized carbons (Fsp3) is 0.111. The van der Waals surface area contributed by atoms with Crippen LogP contribution in [0.5, 0.6) is 5.75 Å². The van der Waals surface area contributed by atoms with E-state index in [1.54, 1.807) is 25.3 Å². The summed E-state index contributed by atoms with van der Waals surface area (Å²) in [5.41, 5.74) is 2.73. The predicted octanol–water partition coefficient (Wildman–Crippen LogP) is 5.40. The molecule has 0 spiro atoms. The SMILES string of the molecule is COc1cccc(C2C(CC=Cc3ccccc3)=C(O)C(=O)N2c2cccc(C(=O)O)c2)c1. The molecule has 1 heterocycles. The molecular formula is C27H23NO5. The van der Waals surface area contributed by atoms with Gasteiger partial charge in [-0.2, -0.15) is 0 Å². The first kappa shape index (κ1) is 21.9. The van der Waals surface area contributed by atoms with Crippen LogP contribution in [0.1, 0.15) is 33.9 Å². The molecule has 3 aromatic carbocycles. The number of carboxylic acid groups (broad SMARTS) is 1. The Balaban J connectivity index is 1.77. The highest BCUT2D eigenvalue weighted by Gasteiger charge is 2.41. The van der Waals surface area contributed by atoms with E-state index in [9.17, 15) is 19.8 Å². The standard InChI is InChI=1S/C27H23NO5/c1-33-22-14-7-11-19(17-22)24-23(15-5-10-18-8-3-2-4-9-18)25(29)26(30)28(24)21-13-6-12-20(16-21)27(31)32/h2-14,16-17,24,29H,15H2,1H3,(H,31,32). The van der Waals surface area contributed by atoms with Crippen molar-refractivity contribution in [2.24, 2.45) is 0 Å². The molecule has 0 saturated carbocycles. The molecule has 6 heteroatoms. The smallest absolute Gasteiger partial charge is 0.335 e. The van der Waals surface area contributed by atoms with Crippen molar-refractivity contribution < 1.29 is 24.5 Å². The Bertz CT molecular complexity index is 1250. The number of aliphatic hydroxyl groups is 1. The van der Waals surface area contributed by atoms with Crippen LogP contribution in [-0.4, -0.2) is 29.2 Å². The monoisotopic (exact) mass is 441 g/mol. The van der Waals surface area contributed by atoms with Crippen LogP contribution >= 0.6 is 0 Å². The Hall–Kier alpha value is -4.32. The fourth-order valence-corrected chi connectivity index (χ4v) is 3.97. The third-order valence-electron chi connectivity index (χ3n) is 5.54. The molecule has 0 radical (unpaired) electrons. The molecule has 0 aliphatic carbocycles. The molecule has 1 unspecified atom stereocenters. The van der Waals surface area contributed by atoms with Crippen molar-refractivity contribution in [2.45, 2.75) is 12.5 Å². The molecule has 166 valence electrons. The van der Waals surface area contributed by atoms with Gasteiger partial charge in [0, 0.05) is 11.3 Å². The molecule has 6 nitrogen and oxygen atoms in total. The van der Waals surface area contributed by atoms with Crippen molar-refractivity contribution in [2.75, 3.05) is 12.0 Å². The van der Waals surface area contributed by atoms with Crippen LogP contribution in [0.15, 0.2) is 96.3 Å². The zero-order valence-electron chi connectivity index (χ0n) is 18.0. The van der Waals surface area contributed by atoms with Crippen molar-refractivity contribution in [3.8, 4) is 5.75 Å². The van der Waals surface area contributed by atoms with Crippen LogP contribution in [0.3, 0.4) is 0 Å². The number of hydrogen-bond donors (Lipinski definition) is 2. The number of nitrogens with zero attached hydrogens (tertiary/aromatic N) is 1. The van der Waals surface area contributed by atoms with Crippen LogP contribution in [0, 0.1) is 0 Å². The van der Waals surface area contributed by atoms with Gasteiger partial charge in [-0.05, 0) is 47.9 Å². The second kappa shape index (κ2) is 9.44. The van der Waals surface area contributed by atoms with Gasteiger partial charge in [0.05, 0.1) is 18.7 Å². The quantitative estimate of drug-likeness (QED) is 0.513. The lowest BCUT2D eigenvalue weighted by Gasteiger charge is -2.27. The fourth-order valence-electron chi connectivity index (χ4n) is 3.97. The number of rotatable bonds is 7. The van der Waals surface area contributed by atoms with Gasteiger partial charge in [0.1, 0.15) is 5.75 Å². The average Bonchev–Trinajstić information content (AvgIpc) is 3.10. The van der Waals surface area contributed by atoms with Crippen LogP contribution in [0.25, 0.3) is 6.08 Å². The van der Waals surface area contributed by atoms with E-state index in [1.807, 2.05) is 60.7 Å². The van der Waals surface area contributed by atoms with Gasteiger partial charge in [-0.15, -0.1) is 0 Å². The van der Waals surface area contributed by atoms with E-state index < -0.39 is 17.9 Å². The number of hydrogen-bond acceptors (Lipinski definition) is 4. The van der Waals surface area contributed by atoms with Crippen LogP contribution < -0.4 is 9.64 Å². The maximum Gasteiger partial charge on any atom is 0.335 e. The molecule has 1 aliphatic heterocycles. The van der Waals surface area contributed by atoms with E-state index >= 15 is 0 Å². The lowest BCUT2D eigenvalue weighted by atomic mass is 9.96. The Morgan fingerprint density at radius 3 is 2.52 bits per heavy atom. The zero-order valence-corrected chi connectivity index (χ0v) is 18.0. The van der Waals surface area contributed by atoms with E-state index in [0.717, 1.165) is 11.1 Å². The van der Waals surface area contributed by atoms with Gasteiger partial charge in [0.25, 0.3) is 5.91 Å². The number of benzene rings is 3. The molecule has 2 N–H and O–H groups in total. The lowest BCUT2D eigenvalue weighted by Crippen LogP contribution is -2.30. The number of amides is 1. The highest BCUT2D eigenvalue weighted by atomic mass is 16.5. The van der Waals surface area contributed by atoms with E-state index in [2.05, 4.69) is 0 Å². The summed E-state index contributed by atoms with van der Waals surface area (Å²) in [6.45, 7) is 0. The third-order valence-corrected chi connectivity index (χ3v) is 5.54. The third kappa shape index (κ3) is 4.50. The van der Waals surface area contributed by atoms with Gasteiger partial charge in [-0.3, -0.25) is 9.69 Å². The molecule has 0 aromatic heterocycles. The summed E-state index contributed by atoms with van der Waals surface area (Å²) in [6, 6.07) is 22.5. The number of carbonyl (C=O) groups excluding carboxylic acids is 1. The van der Waals surface area contributed by atoms with Crippen molar-refractivity contribution in [1.29, 1.82) is 0 Å². The summed E-state index contributed by atoms with van der Waals surface area (Å²) in [5, 5.41) is 20.2. The van der Waals surface area contributed by atoms with Gasteiger partial charge in [0.15, 0.2) is 5.76 Å². The van der Waals surface area contributed by atoms with Crippen molar-refractivity contribution in [3.05, 3.63) is 113 Å². The Kier molecular flexibility index (Phi) is 6.26. The highest BCUT2D eigenvalue weighted by Crippen LogP contribution is 2.43. The van der Waals surface area contributed by atoms with Crippen molar-refractivity contribution >= 4 is 23.6 Å². The summed E-state index contributed by atoms with van der Waals surface area (Å²) in [4.78, 5) is 26.1. The molecule has 0 saturated heterocycles. The molecule has 1 aliphatic rings. The first-order chi connectivity index (χ1) is 16.0. The number of anilines is 1. The normalized spacial score (nSPS) is 16.0. The van der Waals surface area contributed by atoms with Crippen LogP contribution in [0.2, 0.25) is 0 Å². The van der Waals surface area contributed by atoms with E-state index in [-0.39, 0.29) is 11.3 Å². The number of allylic oxidation sites excluding steroid dienone is 1. The van der Waals surface area contributed by atoms with Gasteiger partial charge in [-0.25, -0.2) is 4.79 Å². The summed E-state index contributed by atoms with van der Waals surface area (Å²) in [5.74, 6) is -1.39. The summed E-state index contributed by atoms with van der Waals surface area (Å²) in [7, 11) is 1.56. The predicted molar refractivity (Wildman–Crippen MR) is 126 cm³/mol. The van der Waals surface area contributed by atoms with E-state index in [1.165, 1.54) is 17.0 Å². The molecule has 0 fully saturated rings. The average molecular weight is 441 g/mol. The van der Waals surface area contributed by atoms with E-state index in [4.69, 9.17) is 4.74 Å². The summed E-state index contributed by atoms with van der Waals surface area (Å²) in [6.07, 6.45) is 4.17. The minimum absolute atomic E-state index is 0.0570. The first-order valence-corrected chi connectivity index (χ1v) is 10.4. The molecule has 1 atom stereocenters. The molecular weight excluding hydrogens is 418 g/mol. The lowest BCUT2D eigenvalue weighted by molar-refractivity contribution is -0.117. The molecule has 33 heavy (non-hydrogen) atoms. The van der Waals surface area contributed by atoms with E-state index in [0.29, 0.717) is 23.4 Å². The van der Waals surface area contributed by atoms with Gasteiger partial charge in [-0.1, -0.05) is 60.7 Å². The summed E-state index contributed by atoms with van der Waals surface area (Å²) >= 11 is 0. The van der Waals surface area contributed by atoms with Gasteiger partial charge in [0.2, 0.25) is 0 Å². The van der Waals surface area contributed by atoms with Gasteiger partial charge < -0.3 is 14.9 Å². The molecule has 3 aromatic rings. The Morgan fingerprint density at radius 2 is 1.79 bits per heavy atom. The number of methoxy groups -OCH3 is 1. The Morgan fingerprint density at radius 1 is 1.03 bits per heavy atom.